The second kappa shape index (κ2) is 7.88. The zero-order valence-electron chi connectivity index (χ0n) is 13.1. The first-order valence-electron chi connectivity index (χ1n) is 7.85. The summed E-state index contributed by atoms with van der Waals surface area (Å²) in [4.78, 5) is 24.6. The number of benzene rings is 1. The predicted octanol–water partition coefficient (Wildman–Crippen LogP) is 2.92. The fourth-order valence-corrected chi connectivity index (χ4v) is 2.81. The van der Waals surface area contributed by atoms with E-state index < -0.39 is 17.5 Å². The first-order valence-corrected chi connectivity index (χ1v) is 7.85. The minimum atomic E-state index is -1.93. The second-order valence-electron chi connectivity index (χ2n) is 5.72. The average Bonchev–Trinajstić information content (AvgIpc) is 2.59. The number of Topliss-reactive ketones (excluding diaryl/α,β-unsaturated/α-hetero) is 1. The van der Waals surface area contributed by atoms with Gasteiger partial charge in [-0.05, 0) is 24.5 Å². The number of ether oxygens (including phenoxy) is 1. The largest absolute Gasteiger partial charge is 0.459 e. The molecule has 2 atom stereocenters. The highest BCUT2D eigenvalue weighted by molar-refractivity contribution is 5.93. The Morgan fingerprint density at radius 1 is 1.35 bits per heavy atom. The fourth-order valence-electron chi connectivity index (χ4n) is 2.81. The van der Waals surface area contributed by atoms with Gasteiger partial charge in [0.2, 0.25) is 0 Å². The molecule has 1 aliphatic rings. The number of rotatable bonds is 6. The van der Waals surface area contributed by atoms with Gasteiger partial charge in [0.1, 0.15) is 12.4 Å². The highest BCUT2D eigenvalue weighted by atomic mass is 16.5. The summed E-state index contributed by atoms with van der Waals surface area (Å²) in [6.45, 7) is 3.49. The van der Waals surface area contributed by atoms with Crippen molar-refractivity contribution in [1.29, 1.82) is 0 Å². The van der Waals surface area contributed by atoms with E-state index in [9.17, 15) is 14.7 Å². The van der Waals surface area contributed by atoms with Crippen LogP contribution in [0.3, 0.4) is 0 Å². The molecule has 0 radical (unpaired) electrons. The lowest BCUT2D eigenvalue weighted by Gasteiger charge is -2.33. The summed E-state index contributed by atoms with van der Waals surface area (Å²) in [5, 5.41) is 10.9. The molecule has 0 unspecified atom stereocenters. The van der Waals surface area contributed by atoms with Crippen molar-refractivity contribution in [2.45, 2.75) is 31.3 Å². The Labute approximate surface area is 136 Å². The molecule has 1 aliphatic carbocycles. The van der Waals surface area contributed by atoms with Gasteiger partial charge in [-0.3, -0.25) is 4.79 Å². The molecule has 4 heteroatoms. The Bertz CT molecular complexity index is 591. The molecule has 2 rings (SSSR count). The van der Waals surface area contributed by atoms with Crippen LogP contribution in [0.15, 0.2) is 49.1 Å². The van der Waals surface area contributed by atoms with Crippen LogP contribution in [0.1, 0.15) is 31.2 Å². The Morgan fingerprint density at radius 3 is 2.74 bits per heavy atom. The Morgan fingerprint density at radius 2 is 2.09 bits per heavy atom. The van der Waals surface area contributed by atoms with E-state index in [2.05, 4.69) is 6.58 Å². The number of hydrogen-bond acceptors (Lipinski definition) is 4. The lowest BCUT2D eigenvalue weighted by molar-refractivity contribution is -0.168. The maximum atomic E-state index is 12.4. The SMILES string of the molecule is C=CCOC(=O)[C@@](O)(/C=C/c1ccccc1)[C@@H]1CCCCC1=O. The number of aliphatic hydroxyl groups is 1. The molecule has 0 aliphatic heterocycles. The summed E-state index contributed by atoms with van der Waals surface area (Å²) in [7, 11) is 0. The zero-order chi connectivity index (χ0) is 16.7. The van der Waals surface area contributed by atoms with Crippen molar-refractivity contribution in [1.82, 2.24) is 0 Å². The zero-order valence-corrected chi connectivity index (χ0v) is 13.1. The van der Waals surface area contributed by atoms with E-state index in [0.717, 1.165) is 18.4 Å². The summed E-state index contributed by atoms with van der Waals surface area (Å²) >= 11 is 0. The lowest BCUT2D eigenvalue weighted by Crippen LogP contribution is -2.49. The van der Waals surface area contributed by atoms with Crippen molar-refractivity contribution in [3.63, 3.8) is 0 Å². The molecule has 1 aromatic rings. The molecule has 122 valence electrons. The molecule has 1 saturated carbocycles. The first kappa shape index (κ1) is 17.2. The van der Waals surface area contributed by atoms with Gasteiger partial charge in [-0.15, -0.1) is 0 Å². The molecule has 0 amide bonds. The maximum absolute atomic E-state index is 12.4. The average molecular weight is 314 g/mol. The second-order valence-corrected chi connectivity index (χ2v) is 5.72. The van der Waals surface area contributed by atoms with Crippen molar-refractivity contribution in [3.05, 3.63) is 54.6 Å². The summed E-state index contributed by atoms with van der Waals surface area (Å²) < 4.78 is 5.04. The quantitative estimate of drug-likeness (QED) is 0.648. The smallest absolute Gasteiger partial charge is 0.343 e. The molecule has 0 bridgehead atoms. The van der Waals surface area contributed by atoms with E-state index in [4.69, 9.17) is 4.74 Å². The van der Waals surface area contributed by atoms with Crippen LogP contribution in [0.5, 0.6) is 0 Å². The van der Waals surface area contributed by atoms with Gasteiger partial charge in [0.25, 0.3) is 0 Å². The molecule has 0 aromatic heterocycles. The molecular formula is C19H22O4. The first-order chi connectivity index (χ1) is 11.1. The van der Waals surface area contributed by atoms with Crippen LogP contribution in [-0.2, 0) is 14.3 Å². The molecule has 4 nitrogen and oxygen atoms in total. The minimum absolute atomic E-state index is 0.00122. The Hall–Kier alpha value is -2.20. The van der Waals surface area contributed by atoms with E-state index >= 15 is 0 Å². The van der Waals surface area contributed by atoms with Crippen molar-refractivity contribution in [2.24, 2.45) is 5.92 Å². The van der Waals surface area contributed by atoms with Gasteiger partial charge < -0.3 is 9.84 Å². The van der Waals surface area contributed by atoms with Gasteiger partial charge in [-0.25, -0.2) is 4.79 Å². The number of hydrogen-bond donors (Lipinski definition) is 1. The molecule has 1 aromatic carbocycles. The van der Waals surface area contributed by atoms with Crippen LogP contribution in [0.25, 0.3) is 6.08 Å². The molecule has 23 heavy (non-hydrogen) atoms. The fraction of sp³-hybridized carbons (Fsp3) is 0.368. The maximum Gasteiger partial charge on any atom is 0.343 e. The van der Waals surface area contributed by atoms with Crippen LogP contribution in [0.4, 0.5) is 0 Å². The third-order valence-corrected chi connectivity index (χ3v) is 4.07. The van der Waals surface area contributed by atoms with E-state index in [0.29, 0.717) is 12.8 Å². The molecule has 0 heterocycles. The van der Waals surface area contributed by atoms with Gasteiger partial charge in [0.15, 0.2) is 5.60 Å². The van der Waals surface area contributed by atoms with Crippen LogP contribution < -0.4 is 0 Å². The summed E-state index contributed by atoms with van der Waals surface area (Å²) in [5.74, 6) is -1.65. The lowest BCUT2D eigenvalue weighted by atomic mass is 9.75. The van der Waals surface area contributed by atoms with Crippen molar-refractivity contribution >= 4 is 17.8 Å². The van der Waals surface area contributed by atoms with E-state index in [1.54, 1.807) is 6.08 Å². The summed E-state index contributed by atoms with van der Waals surface area (Å²) in [6, 6.07) is 9.32. The standard InChI is InChI=1S/C19H22O4/c1-2-14-23-18(21)19(22,16-10-6-7-11-17(16)20)13-12-15-8-4-3-5-9-15/h2-5,8-9,12-13,16,22H,1,6-7,10-11,14H2/b13-12+/t16-,19-/m1/s1. The van der Waals surface area contributed by atoms with Crippen molar-refractivity contribution < 1.29 is 19.4 Å². The minimum Gasteiger partial charge on any atom is -0.459 e. The molecule has 1 fully saturated rings. The third kappa shape index (κ3) is 4.17. The topological polar surface area (TPSA) is 63.6 Å². The monoisotopic (exact) mass is 314 g/mol. The van der Waals surface area contributed by atoms with E-state index in [-0.39, 0.29) is 12.4 Å². The molecule has 0 saturated heterocycles. The Balaban J connectivity index is 2.29. The predicted molar refractivity (Wildman–Crippen MR) is 88.5 cm³/mol. The summed E-state index contributed by atoms with van der Waals surface area (Å²) in [6.07, 6.45) is 6.96. The third-order valence-electron chi connectivity index (χ3n) is 4.07. The number of carbonyl (C=O) groups excluding carboxylic acids is 2. The van der Waals surface area contributed by atoms with Crippen LogP contribution in [-0.4, -0.2) is 29.1 Å². The molecule has 1 N–H and O–H groups in total. The van der Waals surface area contributed by atoms with Crippen LogP contribution in [0.2, 0.25) is 0 Å². The van der Waals surface area contributed by atoms with Crippen LogP contribution in [0, 0.1) is 5.92 Å². The van der Waals surface area contributed by atoms with Gasteiger partial charge in [-0.2, -0.15) is 0 Å². The highest BCUT2D eigenvalue weighted by Crippen LogP contribution is 2.33. The number of ketones is 1. The van der Waals surface area contributed by atoms with Crippen molar-refractivity contribution in [2.75, 3.05) is 6.61 Å². The van der Waals surface area contributed by atoms with Gasteiger partial charge >= 0.3 is 5.97 Å². The van der Waals surface area contributed by atoms with Crippen LogP contribution >= 0.6 is 0 Å². The van der Waals surface area contributed by atoms with Crippen molar-refractivity contribution in [3.8, 4) is 0 Å². The van der Waals surface area contributed by atoms with Gasteiger partial charge in [0, 0.05) is 6.42 Å². The molecule has 0 spiro atoms. The highest BCUT2D eigenvalue weighted by Gasteiger charge is 2.47. The van der Waals surface area contributed by atoms with E-state index in [1.807, 2.05) is 30.3 Å². The number of esters is 1. The normalized spacial score (nSPS) is 20.9. The summed E-state index contributed by atoms with van der Waals surface area (Å²) in [5.41, 5.74) is -1.10. The van der Waals surface area contributed by atoms with E-state index in [1.165, 1.54) is 12.2 Å². The number of carbonyl (C=O) groups is 2. The molecular weight excluding hydrogens is 292 g/mol. The van der Waals surface area contributed by atoms with Gasteiger partial charge in [0.05, 0.1) is 5.92 Å². The Kier molecular flexibility index (Phi) is 5.88. The van der Waals surface area contributed by atoms with Gasteiger partial charge in [-0.1, -0.05) is 55.5 Å².